The highest BCUT2D eigenvalue weighted by Crippen LogP contribution is 2.18. The lowest BCUT2D eigenvalue weighted by Crippen LogP contribution is -2.32. The molecule has 1 amide bonds. The number of rotatable bonds is 5. The Balaban J connectivity index is 2.20. The van der Waals surface area contributed by atoms with Crippen LogP contribution in [-0.4, -0.2) is 23.2 Å². The van der Waals surface area contributed by atoms with Gasteiger partial charge in [0.1, 0.15) is 0 Å². The van der Waals surface area contributed by atoms with Crippen LogP contribution in [0.15, 0.2) is 48.5 Å². The Morgan fingerprint density at radius 2 is 1.86 bits per heavy atom. The van der Waals surface area contributed by atoms with Crippen molar-refractivity contribution in [2.45, 2.75) is 13.5 Å². The number of amides is 1. The van der Waals surface area contributed by atoms with Gasteiger partial charge in [0.2, 0.25) is 0 Å². The third-order valence-corrected chi connectivity index (χ3v) is 3.86. The number of alkyl halides is 1. The molecular weight excluding hydrogens is 305 g/mol. The molecule has 0 saturated carbocycles. The number of hydrogen-bond donors (Lipinski definition) is 0. The molecule has 0 fully saturated rings. The quantitative estimate of drug-likeness (QED) is 0.741. The molecule has 21 heavy (non-hydrogen) atoms. The molecular formula is C17H17Cl2NO. The summed E-state index contributed by atoms with van der Waals surface area (Å²) in [6, 6.07) is 15.2. The first-order valence-corrected chi connectivity index (χ1v) is 7.68. The van der Waals surface area contributed by atoms with Crippen LogP contribution >= 0.6 is 23.2 Å². The summed E-state index contributed by atoms with van der Waals surface area (Å²) in [5, 5.41) is 0.665. The molecule has 2 aromatic rings. The van der Waals surface area contributed by atoms with Gasteiger partial charge in [-0.05, 0) is 36.2 Å². The highest BCUT2D eigenvalue weighted by molar-refractivity contribution is 6.31. The van der Waals surface area contributed by atoms with Gasteiger partial charge in [0.15, 0.2) is 0 Å². The second kappa shape index (κ2) is 7.48. The molecule has 0 radical (unpaired) electrons. The van der Waals surface area contributed by atoms with Gasteiger partial charge in [-0.1, -0.05) is 41.9 Å². The Bertz CT molecular complexity index is 613. The molecule has 0 aliphatic carbocycles. The molecule has 0 bridgehead atoms. The first kappa shape index (κ1) is 15.9. The minimum atomic E-state index is -0.0285. The third-order valence-electron chi connectivity index (χ3n) is 3.26. The second-order valence-electron chi connectivity index (χ2n) is 4.87. The van der Waals surface area contributed by atoms with E-state index in [1.54, 1.807) is 17.0 Å². The van der Waals surface area contributed by atoms with Gasteiger partial charge in [0.25, 0.3) is 5.91 Å². The molecule has 4 heteroatoms. The van der Waals surface area contributed by atoms with E-state index in [0.29, 0.717) is 29.6 Å². The van der Waals surface area contributed by atoms with E-state index in [9.17, 15) is 4.79 Å². The maximum absolute atomic E-state index is 12.6. The Hall–Kier alpha value is -1.51. The zero-order chi connectivity index (χ0) is 15.2. The van der Waals surface area contributed by atoms with Gasteiger partial charge in [-0.3, -0.25) is 4.79 Å². The smallest absolute Gasteiger partial charge is 0.254 e. The first-order chi connectivity index (χ1) is 10.1. The minimum absolute atomic E-state index is 0.0285. The molecule has 0 spiro atoms. The van der Waals surface area contributed by atoms with Gasteiger partial charge in [0.05, 0.1) is 0 Å². The van der Waals surface area contributed by atoms with Gasteiger partial charge in [0, 0.05) is 29.6 Å². The van der Waals surface area contributed by atoms with Gasteiger partial charge >= 0.3 is 0 Å². The third kappa shape index (κ3) is 4.23. The van der Waals surface area contributed by atoms with Crippen LogP contribution in [0.1, 0.15) is 21.5 Å². The predicted octanol–water partition coefficient (Wildman–Crippen LogP) is 4.53. The summed E-state index contributed by atoms with van der Waals surface area (Å²) >= 11 is 11.8. The van der Waals surface area contributed by atoms with E-state index in [1.165, 1.54) is 0 Å². The maximum atomic E-state index is 12.6. The van der Waals surface area contributed by atoms with Crippen molar-refractivity contribution in [1.82, 2.24) is 4.90 Å². The molecule has 0 aromatic heterocycles. The van der Waals surface area contributed by atoms with Crippen LogP contribution in [0.25, 0.3) is 0 Å². The van der Waals surface area contributed by atoms with E-state index in [0.717, 1.165) is 11.1 Å². The van der Waals surface area contributed by atoms with Crippen molar-refractivity contribution in [1.29, 1.82) is 0 Å². The Kier molecular flexibility index (Phi) is 5.66. The molecule has 0 heterocycles. The van der Waals surface area contributed by atoms with E-state index in [2.05, 4.69) is 0 Å². The van der Waals surface area contributed by atoms with E-state index >= 15 is 0 Å². The molecule has 0 N–H and O–H groups in total. The van der Waals surface area contributed by atoms with Crippen molar-refractivity contribution in [2.75, 3.05) is 12.4 Å². The Morgan fingerprint density at radius 1 is 1.14 bits per heavy atom. The normalized spacial score (nSPS) is 10.4. The monoisotopic (exact) mass is 321 g/mol. The fourth-order valence-electron chi connectivity index (χ4n) is 2.12. The summed E-state index contributed by atoms with van der Waals surface area (Å²) in [4.78, 5) is 14.4. The standard InChI is InChI=1S/C17H17Cl2NO/c1-13-11-15(7-8-16(13)19)17(21)20(10-9-18)12-14-5-3-2-4-6-14/h2-8,11H,9-10,12H2,1H3. The average Bonchev–Trinajstić information content (AvgIpc) is 2.50. The summed E-state index contributed by atoms with van der Waals surface area (Å²) in [5.41, 5.74) is 2.62. The molecule has 0 aliphatic rings. The van der Waals surface area contributed by atoms with Gasteiger partial charge in [-0.2, -0.15) is 0 Å². The topological polar surface area (TPSA) is 20.3 Å². The number of benzene rings is 2. The van der Waals surface area contributed by atoms with Crippen LogP contribution in [-0.2, 0) is 6.54 Å². The lowest BCUT2D eigenvalue weighted by atomic mass is 10.1. The molecule has 0 aliphatic heterocycles. The average molecular weight is 322 g/mol. The number of nitrogens with zero attached hydrogens (tertiary/aromatic N) is 1. The Morgan fingerprint density at radius 3 is 2.48 bits per heavy atom. The van der Waals surface area contributed by atoms with E-state index in [-0.39, 0.29) is 5.91 Å². The van der Waals surface area contributed by atoms with Crippen molar-refractivity contribution in [2.24, 2.45) is 0 Å². The molecule has 0 unspecified atom stereocenters. The van der Waals surface area contributed by atoms with Crippen LogP contribution in [0.2, 0.25) is 5.02 Å². The van der Waals surface area contributed by atoms with Gasteiger partial charge in [-0.25, -0.2) is 0 Å². The fourth-order valence-corrected chi connectivity index (χ4v) is 2.44. The van der Waals surface area contributed by atoms with Crippen molar-refractivity contribution < 1.29 is 4.79 Å². The van der Waals surface area contributed by atoms with Crippen molar-refractivity contribution in [3.8, 4) is 0 Å². The molecule has 2 nitrogen and oxygen atoms in total. The minimum Gasteiger partial charge on any atom is -0.333 e. The molecule has 2 aromatic carbocycles. The van der Waals surface area contributed by atoms with Crippen molar-refractivity contribution >= 4 is 29.1 Å². The first-order valence-electron chi connectivity index (χ1n) is 6.77. The second-order valence-corrected chi connectivity index (χ2v) is 5.65. The molecule has 110 valence electrons. The predicted molar refractivity (Wildman–Crippen MR) is 88.1 cm³/mol. The molecule has 2 rings (SSSR count). The lowest BCUT2D eigenvalue weighted by molar-refractivity contribution is 0.0753. The highest BCUT2D eigenvalue weighted by atomic mass is 35.5. The SMILES string of the molecule is Cc1cc(C(=O)N(CCCl)Cc2ccccc2)ccc1Cl. The largest absolute Gasteiger partial charge is 0.333 e. The van der Waals surface area contributed by atoms with Gasteiger partial charge < -0.3 is 4.90 Å². The number of carbonyl (C=O) groups is 1. The van der Waals surface area contributed by atoms with E-state index in [4.69, 9.17) is 23.2 Å². The molecule has 0 atom stereocenters. The van der Waals surface area contributed by atoms with Crippen LogP contribution in [0.5, 0.6) is 0 Å². The number of hydrogen-bond acceptors (Lipinski definition) is 1. The summed E-state index contributed by atoms with van der Waals surface area (Å²) in [6.45, 7) is 2.95. The summed E-state index contributed by atoms with van der Waals surface area (Å²) in [7, 11) is 0. The summed E-state index contributed by atoms with van der Waals surface area (Å²) in [5.74, 6) is 0.379. The van der Waals surface area contributed by atoms with Gasteiger partial charge in [-0.15, -0.1) is 11.6 Å². The zero-order valence-corrected chi connectivity index (χ0v) is 13.4. The molecule has 0 saturated heterocycles. The maximum Gasteiger partial charge on any atom is 0.254 e. The fraction of sp³-hybridized carbons (Fsp3) is 0.235. The van der Waals surface area contributed by atoms with E-state index < -0.39 is 0 Å². The summed E-state index contributed by atoms with van der Waals surface area (Å²) in [6.07, 6.45) is 0. The van der Waals surface area contributed by atoms with Crippen LogP contribution < -0.4 is 0 Å². The zero-order valence-electron chi connectivity index (χ0n) is 11.9. The van der Waals surface area contributed by atoms with E-state index in [1.807, 2.05) is 43.3 Å². The van der Waals surface area contributed by atoms with Crippen LogP contribution in [0, 0.1) is 6.92 Å². The number of carbonyl (C=O) groups excluding carboxylic acids is 1. The Labute approximate surface area is 135 Å². The summed E-state index contributed by atoms with van der Waals surface area (Å²) < 4.78 is 0. The number of halogens is 2. The lowest BCUT2D eigenvalue weighted by Gasteiger charge is -2.22. The van der Waals surface area contributed by atoms with Crippen LogP contribution in [0.4, 0.5) is 0 Å². The highest BCUT2D eigenvalue weighted by Gasteiger charge is 2.16. The van der Waals surface area contributed by atoms with Crippen LogP contribution in [0.3, 0.4) is 0 Å². The van der Waals surface area contributed by atoms with Crippen molar-refractivity contribution in [3.05, 3.63) is 70.2 Å². The number of aryl methyl sites for hydroxylation is 1. The van der Waals surface area contributed by atoms with Crippen molar-refractivity contribution in [3.63, 3.8) is 0 Å².